The summed E-state index contributed by atoms with van der Waals surface area (Å²) in [4.78, 5) is 38.7. The Kier molecular flexibility index (Phi) is 6.19. The molecule has 1 N–H and O–H groups in total. The second-order valence-corrected chi connectivity index (χ2v) is 6.31. The molecule has 1 aromatic heterocycles. The molecule has 3 rings (SSSR count). The first kappa shape index (κ1) is 20.0. The zero-order valence-electron chi connectivity index (χ0n) is 16.3. The van der Waals surface area contributed by atoms with E-state index in [0.29, 0.717) is 30.0 Å². The molecular formula is C22H22N4O3. The number of nitrogens with zero attached hydrogens (tertiary/aromatic N) is 3. The first-order chi connectivity index (χ1) is 14.0. The largest absolute Gasteiger partial charge is 0.339 e. The zero-order valence-corrected chi connectivity index (χ0v) is 16.3. The van der Waals surface area contributed by atoms with Crippen LogP contribution in [0, 0.1) is 0 Å². The lowest BCUT2D eigenvalue weighted by Gasteiger charge is -2.18. The molecule has 0 atom stereocenters. The first-order valence-electron chi connectivity index (χ1n) is 9.40. The third-order valence-electron chi connectivity index (χ3n) is 4.47. The van der Waals surface area contributed by atoms with Crippen LogP contribution >= 0.6 is 0 Å². The smallest absolute Gasteiger partial charge is 0.276 e. The molecule has 3 aromatic rings. The molecule has 7 heteroatoms. The highest BCUT2D eigenvalue weighted by Gasteiger charge is 2.14. The van der Waals surface area contributed by atoms with Gasteiger partial charge in [0.05, 0.1) is 5.69 Å². The van der Waals surface area contributed by atoms with Gasteiger partial charge in [-0.15, -0.1) is 0 Å². The number of amides is 2. The van der Waals surface area contributed by atoms with E-state index in [-0.39, 0.29) is 17.2 Å². The van der Waals surface area contributed by atoms with Crippen molar-refractivity contribution in [1.29, 1.82) is 0 Å². The van der Waals surface area contributed by atoms with Gasteiger partial charge >= 0.3 is 0 Å². The molecule has 0 spiro atoms. The molecule has 1 heterocycles. The van der Waals surface area contributed by atoms with Crippen LogP contribution in [-0.4, -0.2) is 39.6 Å². The topological polar surface area (TPSA) is 84.3 Å². The van der Waals surface area contributed by atoms with E-state index in [2.05, 4.69) is 10.4 Å². The molecule has 0 bridgehead atoms. The summed E-state index contributed by atoms with van der Waals surface area (Å²) in [5.41, 5.74) is 1.45. The lowest BCUT2D eigenvalue weighted by molar-refractivity contribution is 0.0773. The lowest BCUT2D eigenvalue weighted by atomic mass is 10.1. The summed E-state index contributed by atoms with van der Waals surface area (Å²) in [5.74, 6) is -0.498. The second kappa shape index (κ2) is 8.97. The van der Waals surface area contributed by atoms with Gasteiger partial charge in [0.2, 0.25) is 0 Å². The maximum atomic E-state index is 12.6. The summed E-state index contributed by atoms with van der Waals surface area (Å²) >= 11 is 0. The van der Waals surface area contributed by atoms with Crippen molar-refractivity contribution in [3.63, 3.8) is 0 Å². The minimum absolute atomic E-state index is 0.0514. The van der Waals surface area contributed by atoms with Crippen LogP contribution < -0.4 is 10.9 Å². The highest BCUT2D eigenvalue weighted by molar-refractivity contribution is 6.03. The predicted molar refractivity (Wildman–Crippen MR) is 111 cm³/mol. The van der Waals surface area contributed by atoms with E-state index in [1.165, 1.54) is 16.8 Å². The van der Waals surface area contributed by atoms with E-state index in [9.17, 15) is 14.4 Å². The van der Waals surface area contributed by atoms with Gasteiger partial charge in [0.1, 0.15) is 5.69 Å². The third-order valence-corrected chi connectivity index (χ3v) is 4.47. The Morgan fingerprint density at radius 2 is 1.59 bits per heavy atom. The molecule has 0 saturated carbocycles. The average molecular weight is 390 g/mol. The molecule has 0 fully saturated rings. The van der Waals surface area contributed by atoms with Crippen molar-refractivity contribution in [2.45, 2.75) is 13.8 Å². The number of carbonyl (C=O) groups is 2. The lowest BCUT2D eigenvalue weighted by Crippen LogP contribution is -2.30. The van der Waals surface area contributed by atoms with Gasteiger partial charge in [-0.1, -0.05) is 18.2 Å². The highest BCUT2D eigenvalue weighted by atomic mass is 16.2. The van der Waals surface area contributed by atoms with Crippen molar-refractivity contribution >= 4 is 17.5 Å². The Morgan fingerprint density at radius 1 is 0.931 bits per heavy atom. The van der Waals surface area contributed by atoms with Crippen LogP contribution in [0.25, 0.3) is 5.69 Å². The van der Waals surface area contributed by atoms with E-state index in [1.54, 1.807) is 53.4 Å². The van der Waals surface area contributed by atoms with Crippen LogP contribution in [0.2, 0.25) is 0 Å². The number of rotatable bonds is 6. The van der Waals surface area contributed by atoms with Gasteiger partial charge in [-0.05, 0) is 56.3 Å². The minimum Gasteiger partial charge on any atom is -0.339 e. The monoisotopic (exact) mass is 390 g/mol. The number of para-hydroxylation sites is 1. The molecule has 0 aliphatic carbocycles. The number of hydrogen-bond acceptors (Lipinski definition) is 4. The SMILES string of the molecule is CCN(CC)C(=O)c1ccc(NC(=O)c2ccc(=O)n(-c3ccccc3)n2)cc1. The molecule has 29 heavy (non-hydrogen) atoms. The number of benzene rings is 2. The van der Waals surface area contributed by atoms with E-state index in [0.717, 1.165) is 0 Å². The van der Waals surface area contributed by atoms with Crippen molar-refractivity contribution in [2.75, 3.05) is 18.4 Å². The molecule has 7 nitrogen and oxygen atoms in total. The fourth-order valence-electron chi connectivity index (χ4n) is 2.87. The van der Waals surface area contributed by atoms with Crippen molar-refractivity contribution in [3.8, 4) is 5.69 Å². The van der Waals surface area contributed by atoms with Gasteiger partial charge in [-0.25, -0.2) is 0 Å². The molecule has 0 saturated heterocycles. The fraction of sp³-hybridized carbons (Fsp3) is 0.182. The van der Waals surface area contributed by atoms with Gasteiger partial charge in [-0.3, -0.25) is 14.4 Å². The molecule has 148 valence electrons. The van der Waals surface area contributed by atoms with Gasteiger partial charge in [0.15, 0.2) is 0 Å². The van der Waals surface area contributed by atoms with Crippen LogP contribution in [-0.2, 0) is 0 Å². The Labute approximate surface area is 168 Å². The Morgan fingerprint density at radius 3 is 2.21 bits per heavy atom. The van der Waals surface area contributed by atoms with Gasteiger partial charge in [-0.2, -0.15) is 9.78 Å². The summed E-state index contributed by atoms with van der Waals surface area (Å²) in [5, 5.41) is 6.90. The highest BCUT2D eigenvalue weighted by Crippen LogP contribution is 2.13. The fourth-order valence-corrected chi connectivity index (χ4v) is 2.87. The number of nitrogens with one attached hydrogen (secondary N) is 1. The average Bonchev–Trinajstić information content (AvgIpc) is 2.76. The normalized spacial score (nSPS) is 10.4. The van der Waals surface area contributed by atoms with Crippen molar-refractivity contribution in [2.24, 2.45) is 0 Å². The Balaban J connectivity index is 1.77. The van der Waals surface area contributed by atoms with Crippen LogP contribution in [0.4, 0.5) is 5.69 Å². The third kappa shape index (κ3) is 4.57. The van der Waals surface area contributed by atoms with Crippen molar-refractivity contribution in [3.05, 3.63) is 88.3 Å². The quantitative estimate of drug-likeness (QED) is 0.701. The van der Waals surface area contributed by atoms with Crippen molar-refractivity contribution in [1.82, 2.24) is 14.7 Å². The van der Waals surface area contributed by atoms with Crippen molar-refractivity contribution < 1.29 is 9.59 Å². The van der Waals surface area contributed by atoms with Gasteiger partial charge in [0, 0.05) is 30.4 Å². The van der Waals surface area contributed by atoms with Gasteiger partial charge < -0.3 is 10.2 Å². The Hall–Kier alpha value is -3.74. The summed E-state index contributed by atoms with van der Waals surface area (Å²) < 4.78 is 1.18. The van der Waals surface area contributed by atoms with Crippen LogP contribution in [0.5, 0.6) is 0 Å². The van der Waals surface area contributed by atoms with Crippen LogP contribution in [0.15, 0.2) is 71.5 Å². The summed E-state index contributed by atoms with van der Waals surface area (Å²) in [7, 11) is 0. The summed E-state index contributed by atoms with van der Waals surface area (Å²) in [6.07, 6.45) is 0. The van der Waals surface area contributed by atoms with E-state index >= 15 is 0 Å². The Bertz CT molecular complexity index is 1060. The number of aromatic nitrogens is 2. The maximum Gasteiger partial charge on any atom is 0.276 e. The first-order valence-corrected chi connectivity index (χ1v) is 9.40. The van der Waals surface area contributed by atoms with Gasteiger partial charge in [0.25, 0.3) is 17.4 Å². The van der Waals surface area contributed by atoms with E-state index < -0.39 is 5.91 Å². The molecule has 0 unspecified atom stereocenters. The standard InChI is InChI=1S/C22H22N4O3/c1-3-25(4-2)22(29)16-10-12-17(13-11-16)23-21(28)19-14-15-20(27)26(24-19)18-8-6-5-7-9-18/h5-15H,3-4H2,1-2H3,(H,23,28). The maximum absolute atomic E-state index is 12.6. The van der Waals surface area contributed by atoms with E-state index in [1.807, 2.05) is 19.9 Å². The van der Waals surface area contributed by atoms with Crippen LogP contribution in [0.3, 0.4) is 0 Å². The number of carbonyl (C=O) groups excluding carboxylic acids is 2. The van der Waals surface area contributed by atoms with Crippen LogP contribution in [0.1, 0.15) is 34.7 Å². The van der Waals surface area contributed by atoms with E-state index in [4.69, 9.17) is 0 Å². The number of hydrogen-bond donors (Lipinski definition) is 1. The predicted octanol–water partition coefficient (Wildman–Crippen LogP) is 2.97. The molecular weight excluding hydrogens is 368 g/mol. The molecule has 0 radical (unpaired) electrons. The number of anilines is 1. The summed E-state index contributed by atoms with van der Waals surface area (Å²) in [6.45, 7) is 5.13. The zero-order chi connectivity index (χ0) is 20.8. The molecule has 2 amide bonds. The minimum atomic E-state index is -0.447. The summed E-state index contributed by atoms with van der Waals surface area (Å²) in [6, 6.07) is 18.3. The second-order valence-electron chi connectivity index (χ2n) is 6.31. The molecule has 2 aromatic carbocycles. The molecule has 0 aliphatic heterocycles. The molecule has 0 aliphatic rings.